The number of nitrogens with zero attached hydrogens (tertiary/aromatic N) is 2. The zero-order valence-corrected chi connectivity index (χ0v) is 15.8. The molecule has 0 aliphatic carbocycles. The van der Waals surface area contributed by atoms with Gasteiger partial charge in [0, 0.05) is 13.2 Å². The van der Waals surface area contributed by atoms with E-state index >= 15 is 0 Å². The summed E-state index contributed by atoms with van der Waals surface area (Å²) in [6, 6.07) is 16.1. The van der Waals surface area contributed by atoms with Crippen LogP contribution in [0.5, 0.6) is 11.5 Å². The number of ether oxygens (including phenoxy) is 3. The summed E-state index contributed by atoms with van der Waals surface area (Å²) in [7, 11) is 1.67. The number of hydrogen-bond acceptors (Lipinski definition) is 4. The quantitative estimate of drug-likeness (QED) is 0.540. The lowest BCUT2D eigenvalue weighted by Crippen LogP contribution is -2.10. The van der Waals surface area contributed by atoms with Gasteiger partial charge in [0.05, 0.1) is 24.8 Å². The molecular weight excluding hydrogens is 340 g/mol. The fourth-order valence-corrected chi connectivity index (χ4v) is 3.65. The standard InChI is InChI=1S/C22H26N2O3/c1-25-19-11-4-5-12-20(19)26-15-7-6-14-24-18-10-3-2-9-17(18)23-22(24)21-13-8-16-27-21/h2-5,9-12,21H,6-8,13-16H2,1H3. The highest BCUT2D eigenvalue weighted by Gasteiger charge is 2.24. The summed E-state index contributed by atoms with van der Waals surface area (Å²) < 4.78 is 19.4. The molecule has 1 unspecified atom stereocenters. The number of aryl methyl sites for hydroxylation is 1. The van der Waals surface area contributed by atoms with Crippen LogP contribution in [0, 0.1) is 0 Å². The number of rotatable bonds is 8. The number of benzene rings is 2. The van der Waals surface area contributed by atoms with Crippen molar-refractivity contribution in [2.45, 2.75) is 38.3 Å². The van der Waals surface area contributed by atoms with Crippen molar-refractivity contribution in [1.82, 2.24) is 9.55 Å². The minimum atomic E-state index is 0.127. The van der Waals surface area contributed by atoms with Crippen LogP contribution in [0.3, 0.4) is 0 Å². The predicted molar refractivity (Wildman–Crippen MR) is 105 cm³/mol. The highest BCUT2D eigenvalue weighted by atomic mass is 16.5. The van der Waals surface area contributed by atoms with Gasteiger partial charge in [-0.15, -0.1) is 0 Å². The minimum Gasteiger partial charge on any atom is -0.493 e. The van der Waals surface area contributed by atoms with Gasteiger partial charge in [-0.25, -0.2) is 4.98 Å². The molecule has 5 heteroatoms. The van der Waals surface area contributed by atoms with E-state index in [4.69, 9.17) is 19.2 Å². The summed E-state index contributed by atoms with van der Waals surface area (Å²) in [6.07, 6.45) is 4.29. The minimum absolute atomic E-state index is 0.127. The highest BCUT2D eigenvalue weighted by molar-refractivity contribution is 5.76. The van der Waals surface area contributed by atoms with Gasteiger partial charge in [0.15, 0.2) is 11.5 Å². The van der Waals surface area contributed by atoms with Crippen molar-refractivity contribution in [3.8, 4) is 11.5 Å². The number of unbranched alkanes of at least 4 members (excludes halogenated alkanes) is 1. The van der Waals surface area contributed by atoms with Crippen molar-refractivity contribution in [3.63, 3.8) is 0 Å². The maximum Gasteiger partial charge on any atom is 0.161 e. The topological polar surface area (TPSA) is 45.5 Å². The second kappa shape index (κ2) is 8.44. The van der Waals surface area contributed by atoms with E-state index in [-0.39, 0.29) is 6.10 Å². The number of para-hydroxylation sites is 4. The van der Waals surface area contributed by atoms with Crippen molar-refractivity contribution in [2.24, 2.45) is 0 Å². The van der Waals surface area contributed by atoms with E-state index in [0.717, 1.165) is 61.7 Å². The normalized spacial score (nSPS) is 16.7. The molecule has 27 heavy (non-hydrogen) atoms. The van der Waals surface area contributed by atoms with Crippen LogP contribution in [0.25, 0.3) is 11.0 Å². The molecule has 5 nitrogen and oxygen atoms in total. The average molecular weight is 366 g/mol. The SMILES string of the molecule is COc1ccccc1OCCCCn1c(C2CCCO2)nc2ccccc21. The Morgan fingerprint density at radius 2 is 1.89 bits per heavy atom. The molecule has 0 radical (unpaired) electrons. The zero-order chi connectivity index (χ0) is 18.5. The first-order chi connectivity index (χ1) is 13.4. The highest BCUT2D eigenvalue weighted by Crippen LogP contribution is 2.31. The molecule has 1 aromatic heterocycles. The molecule has 0 amide bonds. The van der Waals surface area contributed by atoms with Gasteiger partial charge in [-0.1, -0.05) is 24.3 Å². The van der Waals surface area contributed by atoms with Crippen molar-refractivity contribution in [2.75, 3.05) is 20.3 Å². The Bertz CT molecular complexity index is 884. The molecule has 1 aliphatic rings. The molecular formula is C22H26N2O3. The Kier molecular flexibility index (Phi) is 5.58. The van der Waals surface area contributed by atoms with Gasteiger partial charge in [-0.3, -0.25) is 0 Å². The van der Waals surface area contributed by atoms with E-state index < -0.39 is 0 Å². The van der Waals surface area contributed by atoms with Gasteiger partial charge in [0.25, 0.3) is 0 Å². The number of fused-ring (bicyclic) bond motifs is 1. The Morgan fingerprint density at radius 3 is 2.70 bits per heavy atom. The molecule has 1 aliphatic heterocycles. The maximum atomic E-state index is 5.90. The molecule has 0 bridgehead atoms. The molecule has 3 aromatic rings. The first-order valence-electron chi connectivity index (χ1n) is 9.69. The van der Waals surface area contributed by atoms with E-state index in [2.05, 4.69) is 22.8 Å². The number of hydrogen-bond donors (Lipinski definition) is 0. The molecule has 2 aromatic carbocycles. The van der Waals surface area contributed by atoms with Crippen LogP contribution in [0.2, 0.25) is 0 Å². The summed E-state index contributed by atoms with van der Waals surface area (Å²) in [4.78, 5) is 4.85. The van der Waals surface area contributed by atoms with Gasteiger partial charge in [-0.05, 0) is 49.9 Å². The van der Waals surface area contributed by atoms with Crippen LogP contribution in [-0.2, 0) is 11.3 Å². The van der Waals surface area contributed by atoms with E-state index in [1.165, 1.54) is 5.52 Å². The van der Waals surface area contributed by atoms with E-state index in [9.17, 15) is 0 Å². The Labute approximate surface area is 159 Å². The van der Waals surface area contributed by atoms with Crippen LogP contribution in [-0.4, -0.2) is 29.9 Å². The summed E-state index contributed by atoms with van der Waals surface area (Å²) in [6.45, 7) is 2.42. The van der Waals surface area contributed by atoms with E-state index in [1.807, 2.05) is 30.3 Å². The van der Waals surface area contributed by atoms with Crippen molar-refractivity contribution in [1.29, 1.82) is 0 Å². The lowest BCUT2D eigenvalue weighted by atomic mass is 10.2. The summed E-state index contributed by atoms with van der Waals surface area (Å²) in [5.74, 6) is 2.64. The molecule has 142 valence electrons. The largest absolute Gasteiger partial charge is 0.493 e. The van der Waals surface area contributed by atoms with Gasteiger partial charge in [0.2, 0.25) is 0 Å². The van der Waals surface area contributed by atoms with E-state index in [1.54, 1.807) is 7.11 Å². The predicted octanol–water partition coefficient (Wildman–Crippen LogP) is 4.76. The summed E-state index contributed by atoms with van der Waals surface area (Å²) >= 11 is 0. The molecule has 0 saturated carbocycles. The van der Waals surface area contributed by atoms with Crippen LogP contribution < -0.4 is 9.47 Å². The smallest absolute Gasteiger partial charge is 0.161 e. The third-order valence-corrected chi connectivity index (χ3v) is 5.00. The maximum absolute atomic E-state index is 5.90. The number of methoxy groups -OCH3 is 1. The van der Waals surface area contributed by atoms with Crippen LogP contribution in [0.15, 0.2) is 48.5 Å². The molecule has 1 saturated heterocycles. The molecule has 0 spiro atoms. The third-order valence-electron chi connectivity index (χ3n) is 5.00. The summed E-state index contributed by atoms with van der Waals surface area (Å²) in [5, 5.41) is 0. The zero-order valence-electron chi connectivity index (χ0n) is 15.8. The first kappa shape index (κ1) is 17.9. The van der Waals surface area contributed by atoms with Crippen LogP contribution in [0.1, 0.15) is 37.6 Å². The third kappa shape index (κ3) is 3.93. The Balaban J connectivity index is 1.39. The monoisotopic (exact) mass is 366 g/mol. The molecule has 2 heterocycles. The van der Waals surface area contributed by atoms with Gasteiger partial charge in [-0.2, -0.15) is 0 Å². The second-order valence-electron chi connectivity index (χ2n) is 6.82. The lowest BCUT2D eigenvalue weighted by Gasteiger charge is -2.14. The number of aromatic nitrogens is 2. The van der Waals surface area contributed by atoms with Crippen molar-refractivity contribution >= 4 is 11.0 Å². The average Bonchev–Trinajstić information content (AvgIpc) is 3.36. The van der Waals surface area contributed by atoms with Gasteiger partial charge in [0.1, 0.15) is 11.9 Å². The van der Waals surface area contributed by atoms with Gasteiger partial charge >= 0.3 is 0 Å². The Morgan fingerprint density at radius 1 is 1.07 bits per heavy atom. The van der Waals surface area contributed by atoms with Crippen LogP contribution >= 0.6 is 0 Å². The number of imidazole rings is 1. The molecule has 1 atom stereocenters. The fourth-order valence-electron chi connectivity index (χ4n) is 3.65. The fraction of sp³-hybridized carbons (Fsp3) is 0.409. The summed E-state index contributed by atoms with van der Waals surface area (Å²) in [5.41, 5.74) is 2.24. The van der Waals surface area contributed by atoms with Crippen LogP contribution in [0.4, 0.5) is 0 Å². The molecule has 1 fully saturated rings. The molecule has 0 N–H and O–H groups in total. The Hall–Kier alpha value is -2.53. The van der Waals surface area contributed by atoms with Crippen molar-refractivity contribution < 1.29 is 14.2 Å². The molecule has 4 rings (SSSR count). The van der Waals surface area contributed by atoms with Crippen molar-refractivity contribution in [3.05, 3.63) is 54.4 Å². The first-order valence-corrected chi connectivity index (χ1v) is 9.69. The van der Waals surface area contributed by atoms with E-state index in [0.29, 0.717) is 6.61 Å². The second-order valence-corrected chi connectivity index (χ2v) is 6.82. The van der Waals surface area contributed by atoms with Gasteiger partial charge < -0.3 is 18.8 Å². The lowest BCUT2D eigenvalue weighted by molar-refractivity contribution is 0.102.